The summed E-state index contributed by atoms with van der Waals surface area (Å²) in [4.78, 5) is 4.26. The number of hydrogen-bond donors (Lipinski definition) is 2. The van der Waals surface area contributed by atoms with Crippen LogP contribution in [0.15, 0.2) is 33.9 Å². The summed E-state index contributed by atoms with van der Waals surface area (Å²) < 4.78 is 12.9. The minimum atomic E-state index is 0. The van der Waals surface area contributed by atoms with Gasteiger partial charge in [-0.05, 0) is 44.4 Å². The predicted octanol–water partition coefficient (Wildman–Crippen LogP) is 3.12. The molecule has 0 aliphatic rings. The summed E-state index contributed by atoms with van der Waals surface area (Å²) in [5, 5.41) is 11.2. The third-order valence-corrected chi connectivity index (χ3v) is 4.01. The lowest BCUT2D eigenvalue weighted by molar-refractivity contribution is 0.105. The number of aromatic nitrogens is 2. The largest absolute Gasteiger partial charge is 0.467 e. The Labute approximate surface area is 179 Å². The molecule has 8 heteroatoms. The van der Waals surface area contributed by atoms with E-state index < -0.39 is 0 Å². The SMILES string of the molecule is CN=C(NCCCOCc1ccco1)NCC(C)Cn1nc(C)cc1C.I. The van der Waals surface area contributed by atoms with Gasteiger partial charge in [0, 0.05) is 39.0 Å². The molecule has 0 spiro atoms. The van der Waals surface area contributed by atoms with Crippen LogP contribution in [0, 0.1) is 19.8 Å². The second kappa shape index (κ2) is 12.8. The zero-order chi connectivity index (χ0) is 18.8. The van der Waals surface area contributed by atoms with E-state index >= 15 is 0 Å². The van der Waals surface area contributed by atoms with Crippen LogP contribution in [-0.2, 0) is 17.9 Å². The molecular formula is C19H32IN5O2. The highest BCUT2D eigenvalue weighted by molar-refractivity contribution is 14.0. The maximum atomic E-state index is 5.57. The van der Waals surface area contributed by atoms with Gasteiger partial charge in [-0.3, -0.25) is 9.67 Å². The lowest BCUT2D eigenvalue weighted by atomic mass is 10.2. The molecule has 0 saturated heterocycles. The Kier molecular flexibility index (Phi) is 11.1. The van der Waals surface area contributed by atoms with E-state index in [4.69, 9.17) is 9.15 Å². The molecule has 0 radical (unpaired) electrons. The first-order chi connectivity index (χ1) is 12.6. The molecule has 0 bridgehead atoms. The molecule has 2 heterocycles. The van der Waals surface area contributed by atoms with Crippen molar-refractivity contribution < 1.29 is 9.15 Å². The fourth-order valence-corrected chi connectivity index (χ4v) is 2.66. The average molecular weight is 489 g/mol. The van der Waals surface area contributed by atoms with Crippen molar-refractivity contribution in [3.63, 3.8) is 0 Å². The molecule has 0 aromatic carbocycles. The number of hydrogen-bond acceptors (Lipinski definition) is 4. The topological polar surface area (TPSA) is 76.6 Å². The van der Waals surface area contributed by atoms with Crippen LogP contribution in [0.25, 0.3) is 0 Å². The van der Waals surface area contributed by atoms with E-state index in [1.54, 1.807) is 13.3 Å². The molecule has 2 rings (SSSR count). The van der Waals surface area contributed by atoms with Crippen molar-refractivity contribution in [2.24, 2.45) is 10.9 Å². The number of aryl methyl sites for hydroxylation is 2. The first kappa shape index (κ1) is 23.5. The third kappa shape index (κ3) is 8.79. The summed E-state index contributed by atoms with van der Waals surface area (Å²) in [6.07, 6.45) is 2.56. The zero-order valence-electron chi connectivity index (χ0n) is 16.7. The van der Waals surface area contributed by atoms with Crippen LogP contribution in [0.3, 0.4) is 0 Å². The van der Waals surface area contributed by atoms with Gasteiger partial charge in [0.2, 0.25) is 0 Å². The number of rotatable bonds is 10. The molecule has 1 atom stereocenters. The van der Waals surface area contributed by atoms with Gasteiger partial charge in [0.1, 0.15) is 12.4 Å². The maximum Gasteiger partial charge on any atom is 0.190 e. The van der Waals surface area contributed by atoms with Gasteiger partial charge in [0.05, 0.1) is 12.0 Å². The van der Waals surface area contributed by atoms with Gasteiger partial charge in [-0.25, -0.2) is 0 Å². The van der Waals surface area contributed by atoms with Crippen LogP contribution in [0.2, 0.25) is 0 Å². The normalized spacial score (nSPS) is 12.5. The number of ether oxygens (including phenoxy) is 1. The number of guanidine groups is 1. The van der Waals surface area contributed by atoms with Crippen molar-refractivity contribution in [1.29, 1.82) is 0 Å². The van der Waals surface area contributed by atoms with Crippen LogP contribution in [0.4, 0.5) is 0 Å². The van der Waals surface area contributed by atoms with E-state index in [-0.39, 0.29) is 24.0 Å². The molecule has 2 aromatic heterocycles. The minimum absolute atomic E-state index is 0. The molecule has 27 heavy (non-hydrogen) atoms. The highest BCUT2D eigenvalue weighted by atomic mass is 127. The lowest BCUT2D eigenvalue weighted by Crippen LogP contribution is -2.40. The van der Waals surface area contributed by atoms with Gasteiger partial charge >= 0.3 is 0 Å². The van der Waals surface area contributed by atoms with E-state index in [2.05, 4.69) is 45.3 Å². The monoisotopic (exact) mass is 489 g/mol. The van der Waals surface area contributed by atoms with E-state index in [0.717, 1.165) is 43.5 Å². The Bertz CT molecular complexity index is 670. The molecule has 1 unspecified atom stereocenters. The minimum Gasteiger partial charge on any atom is -0.467 e. The number of nitrogens with one attached hydrogen (secondary N) is 2. The van der Waals surface area contributed by atoms with Gasteiger partial charge in [-0.2, -0.15) is 5.10 Å². The summed E-state index contributed by atoms with van der Waals surface area (Å²) in [5.41, 5.74) is 2.26. The molecular weight excluding hydrogens is 457 g/mol. The number of furan rings is 1. The van der Waals surface area contributed by atoms with Crippen molar-refractivity contribution >= 4 is 29.9 Å². The van der Waals surface area contributed by atoms with Crippen molar-refractivity contribution in [1.82, 2.24) is 20.4 Å². The Morgan fingerprint density at radius 1 is 1.37 bits per heavy atom. The molecule has 7 nitrogen and oxygen atoms in total. The second-order valence-electron chi connectivity index (χ2n) is 6.58. The first-order valence-electron chi connectivity index (χ1n) is 9.14. The fourth-order valence-electron chi connectivity index (χ4n) is 2.66. The van der Waals surface area contributed by atoms with Crippen molar-refractivity contribution in [2.45, 2.75) is 40.3 Å². The lowest BCUT2D eigenvalue weighted by Gasteiger charge is -2.17. The van der Waals surface area contributed by atoms with Gasteiger partial charge < -0.3 is 19.8 Å². The molecule has 0 aliphatic heterocycles. The molecule has 0 amide bonds. The fraction of sp³-hybridized carbons (Fsp3) is 0.579. The summed E-state index contributed by atoms with van der Waals surface area (Å²) in [5.74, 6) is 2.12. The molecule has 0 fully saturated rings. The van der Waals surface area contributed by atoms with Gasteiger partial charge in [-0.1, -0.05) is 6.92 Å². The second-order valence-corrected chi connectivity index (χ2v) is 6.58. The van der Waals surface area contributed by atoms with Crippen molar-refractivity contribution in [2.75, 3.05) is 26.7 Å². The zero-order valence-corrected chi connectivity index (χ0v) is 19.0. The molecule has 0 saturated carbocycles. The van der Waals surface area contributed by atoms with Gasteiger partial charge in [0.25, 0.3) is 0 Å². The van der Waals surface area contributed by atoms with Crippen LogP contribution in [0.1, 0.15) is 30.5 Å². The third-order valence-electron chi connectivity index (χ3n) is 4.01. The summed E-state index contributed by atoms with van der Waals surface area (Å²) >= 11 is 0. The summed E-state index contributed by atoms with van der Waals surface area (Å²) in [6, 6.07) is 5.89. The quantitative estimate of drug-likeness (QED) is 0.232. The molecule has 2 aromatic rings. The molecule has 152 valence electrons. The Morgan fingerprint density at radius 2 is 2.19 bits per heavy atom. The smallest absolute Gasteiger partial charge is 0.190 e. The summed E-state index contributed by atoms with van der Waals surface area (Å²) in [6.45, 7) is 10.1. The van der Waals surface area contributed by atoms with Gasteiger partial charge in [0.15, 0.2) is 5.96 Å². The summed E-state index contributed by atoms with van der Waals surface area (Å²) in [7, 11) is 1.79. The standard InChI is InChI=1S/C19H31N5O2.HI/c1-15(13-24-17(3)11-16(2)23-24)12-22-19(20-4)21-8-6-9-25-14-18-7-5-10-26-18;/h5,7,10-11,15H,6,8-9,12-14H2,1-4H3,(H2,20,21,22);1H. The predicted molar refractivity (Wildman–Crippen MR) is 119 cm³/mol. The van der Waals surface area contributed by atoms with E-state index in [9.17, 15) is 0 Å². The number of nitrogens with zero attached hydrogens (tertiary/aromatic N) is 3. The van der Waals surface area contributed by atoms with Crippen molar-refractivity contribution in [3.8, 4) is 0 Å². The van der Waals surface area contributed by atoms with Crippen LogP contribution >= 0.6 is 24.0 Å². The molecule has 0 aliphatic carbocycles. The number of aliphatic imine (C=N–C) groups is 1. The van der Waals surface area contributed by atoms with Gasteiger partial charge in [-0.15, -0.1) is 24.0 Å². The van der Waals surface area contributed by atoms with E-state index in [1.165, 1.54) is 5.69 Å². The van der Waals surface area contributed by atoms with E-state index in [0.29, 0.717) is 19.1 Å². The van der Waals surface area contributed by atoms with Crippen LogP contribution in [0.5, 0.6) is 0 Å². The molecule has 2 N–H and O–H groups in total. The maximum absolute atomic E-state index is 5.57. The highest BCUT2D eigenvalue weighted by Gasteiger charge is 2.08. The highest BCUT2D eigenvalue weighted by Crippen LogP contribution is 2.06. The number of halogens is 1. The van der Waals surface area contributed by atoms with Crippen molar-refractivity contribution in [3.05, 3.63) is 41.6 Å². The Hall–Kier alpha value is -1.55. The Balaban J connectivity index is 0.00000364. The van der Waals surface area contributed by atoms with E-state index in [1.807, 2.05) is 19.1 Å². The Morgan fingerprint density at radius 3 is 2.81 bits per heavy atom. The van der Waals surface area contributed by atoms with Crippen LogP contribution < -0.4 is 10.6 Å². The first-order valence-corrected chi connectivity index (χ1v) is 9.14. The van der Waals surface area contributed by atoms with Crippen LogP contribution in [-0.4, -0.2) is 42.5 Å². The average Bonchev–Trinajstić information content (AvgIpc) is 3.23.